The molecular formula is C23H20N4O3. The Labute approximate surface area is 173 Å². The summed E-state index contributed by atoms with van der Waals surface area (Å²) in [5.74, 6) is -0.786. The summed E-state index contributed by atoms with van der Waals surface area (Å²) in [6, 6.07) is 15.8. The maximum Gasteiger partial charge on any atom is 0.255 e. The van der Waals surface area contributed by atoms with Gasteiger partial charge in [-0.25, -0.2) is 0 Å². The molecule has 7 nitrogen and oxygen atoms in total. The lowest BCUT2D eigenvalue weighted by atomic mass is 10.0. The highest BCUT2D eigenvalue weighted by atomic mass is 16.2. The van der Waals surface area contributed by atoms with Crippen LogP contribution in [0.5, 0.6) is 0 Å². The van der Waals surface area contributed by atoms with Crippen LogP contribution in [-0.2, 0) is 9.59 Å². The molecule has 1 fully saturated rings. The number of fused-ring (bicyclic) bond motifs is 2. The van der Waals surface area contributed by atoms with Crippen molar-refractivity contribution in [3.05, 3.63) is 71.9 Å². The van der Waals surface area contributed by atoms with E-state index in [0.29, 0.717) is 16.8 Å². The summed E-state index contributed by atoms with van der Waals surface area (Å²) < 4.78 is 0. The molecule has 0 radical (unpaired) electrons. The molecule has 2 heterocycles. The van der Waals surface area contributed by atoms with E-state index in [-0.39, 0.29) is 30.3 Å². The zero-order valence-electron chi connectivity index (χ0n) is 16.2. The van der Waals surface area contributed by atoms with Crippen molar-refractivity contribution in [3.63, 3.8) is 0 Å². The van der Waals surface area contributed by atoms with Gasteiger partial charge >= 0.3 is 0 Å². The summed E-state index contributed by atoms with van der Waals surface area (Å²) in [6.07, 6.45) is 3.50. The van der Waals surface area contributed by atoms with Crippen molar-refractivity contribution in [1.29, 1.82) is 0 Å². The van der Waals surface area contributed by atoms with Gasteiger partial charge in [0.15, 0.2) is 0 Å². The predicted molar refractivity (Wildman–Crippen MR) is 112 cm³/mol. The average Bonchev–Trinajstić information content (AvgIpc) is 3.56. The lowest BCUT2D eigenvalue weighted by Gasteiger charge is -2.24. The number of benzene rings is 2. The molecule has 7 heteroatoms. The molecule has 0 saturated heterocycles. The summed E-state index contributed by atoms with van der Waals surface area (Å²) in [5, 5.41) is 6.37. The first-order valence-corrected chi connectivity index (χ1v) is 9.96. The second-order valence-corrected chi connectivity index (χ2v) is 7.58. The normalized spacial score (nSPS) is 17.7. The van der Waals surface area contributed by atoms with Crippen molar-refractivity contribution < 1.29 is 14.4 Å². The molecular weight excluding hydrogens is 380 g/mol. The van der Waals surface area contributed by atoms with Gasteiger partial charge in [-0.15, -0.1) is 0 Å². The third-order valence-corrected chi connectivity index (χ3v) is 5.53. The smallest absolute Gasteiger partial charge is 0.255 e. The number of amides is 3. The van der Waals surface area contributed by atoms with Crippen LogP contribution >= 0.6 is 0 Å². The summed E-state index contributed by atoms with van der Waals surface area (Å²) in [7, 11) is 0. The molecule has 150 valence electrons. The molecule has 3 amide bonds. The Morgan fingerprint density at radius 1 is 1.03 bits per heavy atom. The van der Waals surface area contributed by atoms with Crippen molar-refractivity contribution in [3.8, 4) is 0 Å². The molecule has 1 saturated carbocycles. The van der Waals surface area contributed by atoms with Gasteiger partial charge in [-0.1, -0.05) is 24.3 Å². The minimum absolute atomic E-state index is 0.0951. The van der Waals surface area contributed by atoms with Crippen molar-refractivity contribution in [2.45, 2.75) is 24.9 Å². The molecule has 1 aliphatic heterocycles. The highest BCUT2D eigenvalue weighted by Crippen LogP contribution is 2.41. The summed E-state index contributed by atoms with van der Waals surface area (Å²) in [6.45, 7) is -0.180. The van der Waals surface area contributed by atoms with Gasteiger partial charge in [0.05, 0.1) is 17.7 Å². The Balaban J connectivity index is 1.30. The molecule has 1 aromatic heterocycles. The van der Waals surface area contributed by atoms with E-state index in [2.05, 4.69) is 15.6 Å². The van der Waals surface area contributed by atoms with E-state index in [0.717, 1.165) is 23.7 Å². The van der Waals surface area contributed by atoms with Crippen LogP contribution < -0.4 is 10.6 Å². The number of nitrogens with zero attached hydrogens (tertiary/aromatic N) is 2. The van der Waals surface area contributed by atoms with Crippen LogP contribution in [0, 0.1) is 0 Å². The highest BCUT2D eigenvalue weighted by Gasteiger charge is 2.47. The molecule has 0 spiro atoms. The second-order valence-electron chi connectivity index (χ2n) is 7.58. The van der Waals surface area contributed by atoms with Gasteiger partial charge in [0.1, 0.15) is 6.04 Å². The van der Waals surface area contributed by atoms with E-state index in [9.17, 15) is 14.4 Å². The molecule has 30 heavy (non-hydrogen) atoms. The number of aromatic nitrogens is 1. The maximum atomic E-state index is 13.0. The Bertz CT molecular complexity index is 1170. The van der Waals surface area contributed by atoms with E-state index in [1.165, 1.54) is 0 Å². The van der Waals surface area contributed by atoms with Gasteiger partial charge in [0.25, 0.3) is 5.91 Å². The zero-order valence-corrected chi connectivity index (χ0v) is 16.2. The summed E-state index contributed by atoms with van der Waals surface area (Å²) in [4.78, 5) is 44.2. The summed E-state index contributed by atoms with van der Waals surface area (Å²) in [5.41, 5.74) is 2.69. The fraction of sp³-hybridized carbons (Fsp3) is 0.217. The fourth-order valence-corrected chi connectivity index (χ4v) is 4.00. The van der Waals surface area contributed by atoms with E-state index in [4.69, 9.17) is 0 Å². The Hall–Kier alpha value is -3.74. The van der Waals surface area contributed by atoms with E-state index < -0.39 is 6.04 Å². The Morgan fingerprint density at radius 3 is 2.70 bits per heavy atom. The topological polar surface area (TPSA) is 91.4 Å². The molecule has 3 aromatic rings. The van der Waals surface area contributed by atoms with Crippen LogP contribution in [0.25, 0.3) is 10.9 Å². The average molecular weight is 400 g/mol. The predicted octanol–water partition coefficient (Wildman–Crippen LogP) is 2.65. The molecule has 5 rings (SSSR count). The Kier molecular flexibility index (Phi) is 4.43. The lowest BCUT2D eigenvalue weighted by molar-refractivity contribution is -0.127. The second kappa shape index (κ2) is 7.26. The number of nitrogens with one attached hydrogen (secondary N) is 2. The van der Waals surface area contributed by atoms with Crippen molar-refractivity contribution in [2.75, 3.05) is 11.9 Å². The maximum absolute atomic E-state index is 13.0. The Morgan fingerprint density at radius 2 is 1.87 bits per heavy atom. The first-order valence-electron chi connectivity index (χ1n) is 9.96. The lowest BCUT2D eigenvalue weighted by Crippen LogP contribution is -2.42. The minimum Gasteiger partial charge on any atom is -0.345 e. The van der Waals surface area contributed by atoms with Gasteiger partial charge in [0, 0.05) is 23.2 Å². The van der Waals surface area contributed by atoms with Crippen LogP contribution in [0.3, 0.4) is 0 Å². The van der Waals surface area contributed by atoms with Crippen LogP contribution in [0.15, 0.2) is 60.8 Å². The third-order valence-electron chi connectivity index (χ3n) is 5.53. The van der Waals surface area contributed by atoms with Crippen LogP contribution in [0.1, 0.15) is 34.8 Å². The monoisotopic (exact) mass is 400 g/mol. The zero-order chi connectivity index (χ0) is 20.7. The number of anilines is 1. The van der Waals surface area contributed by atoms with E-state index in [1.54, 1.807) is 35.4 Å². The summed E-state index contributed by atoms with van der Waals surface area (Å²) >= 11 is 0. The molecule has 0 bridgehead atoms. The van der Waals surface area contributed by atoms with Crippen molar-refractivity contribution >= 4 is 34.3 Å². The molecule has 1 aliphatic carbocycles. The molecule has 1 atom stereocenters. The minimum atomic E-state index is -0.684. The van der Waals surface area contributed by atoms with Gasteiger partial charge in [-0.3, -0.25) is 19.4 Å². The number of carbonyl (C=O) groups excluding carboxylic acids is 3. The van der Waals surface area contributed by atoms with Gasteiger partial charge in [-0.2, -0.15) is 0 Å². The number of rotatable bonds is 5. The molecule has 2 N–H and O–H groups in total. The molecule has 0 unspecified atom stereocenters. The fourth-order valence-electron chi connectivity index (χ4n) is 4.00. The SMILES string of the molecule is O=C(CNC(=O)[C@@H]1c2ccccc2C(=O)N1C1CC1)Nc1cccc2ncccc12. The quantitative estimate of drug-likeness (QED) is 0.689. The third kappa shape index (κ3) is 3.18. The number of hydrogen-bond donors (Lipinski definition) is 2. The van der Waals surface area contributed by atoms with E-state index >= 15 is 0 Å². The number of carbonyl (C=O) groups is 3. The van der Waals surface area contributed by atoms with Gasteiger partial charge in [-0.05, 0) is 48.7 Å². The number of pyridine rings is 1. The first-order chi connectivity index (χ1) is 14.6. The molecule has 2 aliphatic rings. The van der Waals surface area contributed by atoms with Gasteiger partial charge < -0.3 is 15.5 Å². The van der Waals surface area contributed by atoms with Crippen LogP contribution in [0.4, 0.5) is 5.69 Å². The standard InChI is InChI=1S/C23H20N4O3/c28-20(26-19-9-3-8-18-17(19)7-4-12-24-18)13-25-22(29)21-15-5-1-2-6-16(15)23(30)27(21)14-10-11-14/h1-9,12,14,21H,10-11,13H2,(H,25,29)(H,26,28)/t21-/m0/s1. The van der Waals surface area contributed by atoms with Crippen LogP contribution in [0.2, 0.25) is 0 Å². The highest BCUT2D eigenvalue weighted by molar-refractivity contribution is 6.06. The van der Waals surface area contributed by atoms with Crippen LogP contribution in [-0.4, -0.2) is 40.2 Å². The van der Waals surface area contributed by atoms with Crippen molar-refractivity contribution in [2.24, 2.45) is 0 Å². The van der Waals surface area contributed by atoms with Crippen molar-refractivity contribution in [1.82, 2.24) is 15.2 Å². The van der Waals surface area contributed by atoms with Gasteiger partial charge in [0.2, 0.25) is 11.8 Å². The van der Waals surface area contributed by atoms with E-state index in [1.807, 2.05) is 30.3 Å². The molecule has 2 aromatic carbocycles. The number of hydrogen-bond acceptors (Lipinski definition) is 4. The largest absolute Gasteiger partial charge is 0.345 e. The first kappa shape index (κ1) is 18.3.